The molecule has 17 heavy (non-hydrogen) atoms. The van der Waals surface area contributed by atoms with E-state index in [0.717, 1.165) is 18.6 Å². The summed E-state index contributed by atoms with van der Waals surface area (Å²) in [5.74, 6) is 0.436. The lowest BCUT2D eigenvalue weighted by atomic mass is 10.2. The van der Waals surface area contributed by atoms with Crippen LogP contribution in [0.5, 0.6) is 5.75 Å². The Hall–Kier alpha value is -1.84. The molecule has 0 radical (unpaired) electrons. The standard InChI is InChI=1S/C13H18N2O2/c1-4-6-10(2)14-15-13(16)11-7-5-8-12(9-11)17-3/h5,7-9H,4,6H2,1-3H3,(H,15,16)/b14-10+. The van der Waals surface area contributed by atoms with Crippen LogP contribution in [-0.4, -0.2) is 18.7 Å². The molecule has 0 bridgehead atoms. The SMILES string of the molecule is CCC/C(C)=N/NC(=O)c1cccc(OC)c1. The van der Waals surface area contributed by atoms with Gasteiger partial charge in [0.1, 0.15) is 5.75 Å². The van der Waals surface area contributed by atoms with Gasteiger partial charge in [0.25, 0.3) is 5.91 Å². The number of amides is 1. The van der Waals surface area contributed by atoms with Crippen LogP contribution in [0.2, 0.25) is 0 Å². The molecule has 0 aliphatic heterocycles. The number of hydrogen-bond acceptors (Lipinski definition) is 3. The normalized spacial score (nSPS) is 11.1. The zero-order chi connectivity index (χ0) is 12.7. The number of nitrogens with one attached hydrogen (secondary N) is 1. The van der Waals surface area contributed by atoms with Crippen molar-refractivity contribution < 1.29 is 9.53 Å². The van der Waals surface area contributed by atoms with Crippen molar-refractivity contribution in [1.29, 1.82) is 0 Å². The molecule has 0 aliphatic rings. The molecule has 4 heteroatoms. The van der Waals surface area contributed by atoms with Gasteiger partial charge in [0.2, 0.25) is 0 Å². The van der Waals surface area contributed by atoms with Crippen molar-refractivity contribution in [3.63, 3.8) is 0 Å². The Labute approximate surface area is 102 Å². The fraction of sp³-hybridized carbons (Fsp3) is 0.385. The van der Waals surface area contributed by atoms with Gasteiger partial charge in [-0.3, -0.25) is 4.79 Å². The number of nitrogens with zero attached hydrogens (tertiary/aromatic N) is 1. The molecule has 0 unspecified atom stereocenters. The number of hydrogen-bond donors (Lipinski definition) is 1. The Morgan fingerprint density at radius 3 is 2.88 bits per heavy atom. The molecule has 0 aliphatic carbocycles. The van der Waals surface area contributed by atoms with E-state index in [-0.39, 0.29) is 5.91 Å². The third-order valence-corrected chi connectivity index (χ3v) is 2.29. The molecule has 0 heterocycles. The molecule has 92 valence electrons. The first-order valence-electron chi connectivity index (χ1n) is 5.65. The number of carbonyl (C=O) groups excluding carboxylic acids is 1. The molecule has 0 spiro atoms. The van der Waals surface area contributed by atoms with E-state index in [9.17, 15) is 4.79 Å². The van der Waals surface area contributed by atoms with Gasteiger partial charge < -0.3 is 4.74 Å². The van der Waals surface area contributed by atoms with Crippen LogP contribution in [0.1, 0.15) is 37.0 Å². The molecule has 0 fully saturated rings. The summed E-state index contributed by atoms with van der Waals surface area (Å²) in [5.41, 5.74) is 3.99. The molecule has 4 nitrogen and oxygen atoms in total. The predicted octanol–water partition coefficient (Wildman–Crippen LogP) is 2.60. The highest BCUT2D eigenvalue weighted by Gasteiger charge is 2.05. The van der Waals surface area contributed by atoms with Crippen LogP contribution in [0.4, 0.5) is 0 Å². The molecular weight excluding hydrogens is 216 g/mol. The molecule has 1 amide bonds. The Kier molecular flexibility index (Phi) is 5.20. The number of methoxy groups -OCH3 is 1. The second-order valence-corrected chi connectivity index (χ2v) is 3.77. The quantitative estimate of drug-likeness (QED) is 0.629. The predicted molar refractivity (Wildman–Crippen MR) is 68.5 cm³/mol. The van der Waals surface area contributed by atoms with Gasteiger partial charge in [-0.2, -0.15) is 5.10 Å². The van der Waals surface area contributed by atoms with E-state index in [2.05, 4.69) is 17.5 Å². The number of ether oxygens (including phenoxy) is 1. The molecule has 0 saturated heterocycles. The average molecular weight is 234 g/mol. The van der Waals surface area contributed by atoms with Crippen molar-refractivity contribution in [3.8, 4) is 5.75 Å². The van der Waals surface area contributed by atoms with Gasteiger partial charge in [0, 0.05) is 11.3 Å². The first-order chi connectivity index (χ1) is 8.17. The molecule has 0 aromatic heterocycles. The fourth-order valence-electron chi connectivity index (χ4n) is 1.39. The summed E-state index contributed by atoms with van der Waals surface area (Å²) in [5, 5.41) is 4.02. The van der Waals surface area contributed by atoms with Gasteiger partial charge in [-0.25, -0.2) is 5.43 Å². The third-order valence-electron chi connectivity index (χ3n) is 2.29. The van der Waals surface area contributed by atoms with Gasteiger partial charge in [-0.05, 0) is 31.5 Å². The van der Waals surface area contributed by atoms with E-state index in [0.29, 0.717) is 11.3 Å². The maximum atomic E-state index is 11.7. The first-order valence-corrected chi connectivity index (χ1v) is 5.65. The van der Waals surface area contributed by atoms with Crippen LogP contribution in [0.15, 0.2) is 29.4 Å². The lowest BCUT2D eigenvalue weighted by Crippen LogP contribution is -2.19. The van der Waals surface area contributed by atoms with E-state index >= 15 is 0 Å². The molecule has 1 aromatic rings. The fourth-order valence-corrected chi connectivity index (χ4v) is 1.39. The smallest absolute Gasteiger partial charge is 0.271 e. The van der Waals surface area contributed by atoms with Crippen molar-refractivity contribution in [2.45, 2.75) is 26.7 Å². The highest BCUT2D eigenvalue weighted by atomic mass is 16.5. The summed E-state index contributed by atoms with van der Waals surface area (Å²) >= 11 is 0. The molecule has 1 rings (SSSR count). The van der Waals surface area contributed by atoms with E-state index in [1.807, 2.05) is 6.92 Å². The number of rotatable bonds is 5. The molecular formula is C13H18N2O2. The van der Waals surface area contributed by atoms with Crippen LogP contribution in [0.25, 0.3) is 0 Å². The minimum atomic E-state index is -0.223. The third kappa shape index (κ3) is 4.26. The number of benzene rings is 1. The highest BCUT2D eigenvalue weighted by molar-refractivity contribution is 5.95. The lowest BCUT2D eigenvalue weighted by Gasteiger charge is -2.04. The van der Waals surface area contributed by atoms with Gasteiger partial charge in [-0.1, -0.05) is 19.4 Å². The lowest BCUT2D eigenvalue weighted by molar-refractivity contribution is 0.0954. The second-order valence-electron chi connectivity index (χ2n) is 3.77. The van der Waals surface area contributed by atoms with E-state index in [4.69, 9.17) is 4.74 Å². The summed E-state index contributed by atoms with van der Waals surface area (Å²) in [7, 11) is 1.57. The zero-order valence-electron chi connectivity index (χ0n) is 10.5. The van der Waals surface area contributed by atoms with Crippen LogP contribution < -0.4 is 10.2 Å². The van der Waals surface area contributed by atoms with Gasteiger partial charge in [0.15, 0.2) is 0 Å². The highest BCUT2D eigenvalue weighted by Crippen LogP contribution is 2.12. The van der Waals surface area contributed by atoms with E-state index in [1.165, 1.54) is 0 Å². The molecule has 0 atom stereocenters. The van der Waals surface area contributed by atoms with Crippen molar-refractivity contribution in [1.82, 2.24) is 5.43 Å². The van der Waals surface area contributed by atoms with Crippen LogP contribution >= 0.6 is 0 Å². The molecule has 1 aromatic carbocycles. The summed E-state index contributed by atoms with van der Waals surface area (Å²) in [6.07, 6.45) is 1.91. The summed E-state index contributed by atoms with van der Waals surface area (Å²) < 4.78 is 5.05. The van der Waals surface area contributed by atoms with Crippen LogP contribution in [0.3, 0.4) is 0 Å². The Balaban J connectivity index is 2.66. The van der Waals surface area contributed by atoms with Crippen molar-refractivity contribution >= 4 is 11.6 Å². The minimum Gasteiger partial charge on any atom is -0.497 e. The Morgan fingerprint density at radius 2 is 2.24 bits per heavy atom. The van der Waals surface area contributed by atoms with Crippen molar-refractivity contribution in [3.05, 3.63) is 29.8 Å². The van der Waals surface area contributed by atoms with Crippen molar-refractivity contribution in [2.75, 3.05) is 7.11 Å². The van der Waals surface area contributed by atoms with Crippen molar-refractivity contribution in [2.24, 2.45) is 5.10 Å². The summed E-state index contributed by atoms with van der Waals surface area (Å²) in [4.78, 5) is 11.7. The minimum absolute atomic E-state index is 0.223. The van der Waals surface area contributed by atoms with Gasteiger partial charge in [0.05, 0.1) is 7.11 Å². The largest absolute Gasteiger partial charge is 0.497 e. The topological polar surface area (TPSA) is 50.7 Å². The average Bonchev–Trinajstić information content (AvgIpc) is 2.36. The number of hydrazone groups is 1. The first kappa shape index (κ1) is 13.2. The van der Waals surface area contributed by atoms with Gasteiger partial charge >= 0.3 is 0 Å². The summed E-state index contributed by atoms with van der Waals surface area (Å²) in [6, 6.07) is 6.97. The second kappa shape index (κ2) is 6.68. The zero-order valence-corrected chi connectivity index (χ0v) is 10.5. The molecule has 1 N–H and O–H groups in total. The maximum absolute atomic E-state index is 11.7. The monoisotopic (exact) mass is 234 g/mol. The summed E-state index contributed by atoms with van der Waals surface area (Å²) in [6.45, 7) is 3.97. The van der Waals surface area contributed by atoms with Crippen LogP contribution in [-0.2, 0) is 0 Å². The number of carbonyl (C=O) groups is 1. The van der Waals surface area contributed by atoms with Crippen LogP contribution in [0, 0.1) is 0 Å². The van der Waals surface area contributed by atoms with Gasteiger partial charge in [-0.15, -0.1) is 0 Å². The van der Waals surface area contributed by atoms with E-state index < -0.39 is 0 Å². The maximum Gasteiger partial charge on any atom is 0.271 e. The van der Waals surface area contributed by atoms with E-state index in [1.54, 1.807) is 31.4 Å². The Bertz CT molecular complexity index is 414. The molecule has 0 saturated carbocycles. The Morgan fingerprint density at radius 1 is 1.47 bits per heavy atom.